The van der Waals surface area contributed by atoms with Crippen LogP contribution in [-0.4, -0.2) is 27.9 Å². The van der Waals surface area contributed by atoms with Crippen LogP contribution < -0.4 is 0 Å². The fraction of sp³-hybridized carbons (Fsp3) is 0.538. The van der Waals surface area contributed by atoms with Gasteiger partial charge in [0, 0.05) is 18.3 Å². The van der Waals surface area contributed by atoms with E-state index in [1.807, 2.05) is 13.8 Å². The van der Waals surface area contributed by atoms with E-state index in [1.165, 1.54) is 6.07 Å². The Hall–Kier alpha value is -1.52. The van der Waals surface area contributed by atoms with Gasteiger partial charge in [-0.3, -0.25) is 4.79 Å². The summed E-state index contributed by atoms with van der Waals surface area (Å²) in [6, 6.07) is 1.34. The highest BCUT2D eigenvalue weighted by Crippen LogP contribution is 2.25. The van der Waals surface area contributed by atoms with E-state index in [9.17, 15) is 13.6 Å². The van der Waals surface area contributed by atoms with Crippen LogP contribution in [0.5, 0.6) is 0 Å². The van der Waals surface area contributed by atoms with E-state index in [2.05, 4.69) is 4.98 Å². The first-order valence-electron chi connectivity index (χ1n) is 6.15. The molecule has 0 unspecified atom stereocenters. The Morgan fingerprint density at radius 2 is 1.94 bits per heavy atom. The maximum Gasteiger partial charge on any atom is 0.257 e. The van der Waals surface area contributed by atoms with E-state index in [0.29, 0.717) is 0 Å². The van der Waals surface area contributed by atoms with Crippen molar-refractivity contribution in [2.24, 2.45) is 0 Å². The van der Waals surface area contributed by atoms with Gasteiger partial charge < -0.3 is 4.90 Å². The van der Waals surface area contributed by atoms with E-state index >= 15 is 0 Å². The molecule has 1 amide bonds. The van der Waals surface area contributed by atoms with Crippen molar-refractivity contribution in [2.75, 3.05) is 0 Å². The second kappa shape index (κ2) is 5.00. The monoisotopic (exact) mass is 254 g/mol. The second-order valence-corrected chi connectivity index (χ2v) is 4.80. The van der Waals surface area contributed by atoms with E-state index < -0.39 is 17.7 Å². The number of hydrogen-bond donors (Lipinski definition) is 0. The lowest BCUT2D eigenvalue weighted by Crippen LogP contribution is -2.47. The van der Waals surface area contributed by atoms with Crippen molar-refractivity contribution >= 4 is 5.91 Å². The summed E-state index contributed by atoms with van der Waals surface area (Å²) < 4.78 is 26.6. The molecule has 1 aliphatic rings. The number of carbonyl (C=O) groups excluding carboxylic acids is 1. The third-order valence-corrected chi connectivity index (χ3v) is 3.51. The molecule has 0 radical (unpaired) electrons. The molecule has 0 spiro atoms. The van der Waals surface area contributed by atoms with Gasteiger partial charge in [-0.05, 0) is 39.2 Å². The number of rotatable bonds is 1. The van der Waals surface area contributed by atoms with Crippen LogP contribution >= 0.6 is 0 Å². The summed E-state index contributed by atoms with van der Waals surface area (Å²) in [4.78, 5) is 17.1. The topological polar surface area (TPSA) is 33.2 Å². The van der Waals surface area contributed by atoms with Gasteiger partial charge >= 0.3 is 0 Å². The number of piperidine rings is 1. The molecule has 3 nitrogen and oxygen atoms in total. The molecule has 98 valence electrons. The van der Waals surface area contributed by atoms with Crippen LogP contribution in [-0.2, 0) is 0 Å². The van der Waals surface area contributed by atoms with Crippen molar-refractivity contribution in [2.45, 2.75) is 45.2 Å². The van der Waals surface area contributed by atoms with Crippen LogP contribution in [0.25, 0.3) is 0 Å². The van der Waals surface area contributed by atoms with Crippen LogP contribution in [0.3, 0.4) is 0 Å². The number of amides is 1. The third-order valence-electron chi connectivity index (χ3n) is 3.51. The summed E-state index contributed by atoms with van der Waals surface area (Å²) in [6.45, 7) is 3.87. The second-order valence-electron chi connectivity index (χ2n) is 4.80. The molecule has 0 aliphatic carbocycles. The van der Waals surface area contributed by atoms with E-state index in [-0.39, 0.29) is 17.6 Å². The van der Waals surface area contributed by atoms with Crippen LogP contribution in [0.4, 0.5) is 8.78 Å². The van der Waals surface area contributed by atoms with Crippen LogP contribution in [0, 0.1) is 11.8 Å². The Morgan fingerprint density at radius 1 is 1.33 bits per heavy atom. The van der Waals surface area contributed by atoms with Crippen molar-refractivity contribution < 1.29 is 13.6 Å². The van der Waals surface area contributed by atoms with E-state index in [1.54, 1.807) is 4.90 Å². The number of carbonyl (C=O) groups is 1. The van der Waals surface area contributed by atoms with Crippen LogP contribution in [0.2, 0.25) is 0 Å². The zero-order chi connectivity index (χ0) is 13.3. The number of aromatic nitrogens is 1. The molecule has 1 saturated heterocycles. The minimum atomic E-state index is -1.22. The van der Waals surface area contributed by atoms with Gasteiger partial charge in [0.1, 0.15) is 0 Å². The zero-order valence-corrected chi connectivity index (χ0v) is 10.5. The quantitative estimate of drug-likeness (QED) is 0.722. The molecular weight excluding hydrogens is 238 g/mol. The molecule has 18 heavy (non-hydrogen) atoms. The molecule has 5 heteroatoms. The number of pyridine rings is 1. The van der Waals surface area contributed by atoms with Gasteiger partial charge in [-0.15, -0.1) is 0 Å². The number of likely N-dealkylation sites (tertiary alicyclic amines) is 1. The van der Waals surface area contributed by atoms with Gasteiger partial charge in [-0.2, -0.15) is 4.39 Å². The maximum absolute atomic E-state index is 13.6. The Labute approximate surface area is 105 Å². The van der Waals surface area contributed by atoms with Crippen LogP contribution in [0.1, 0.15) is 43.5 Å². The molecular formula is C13H16F2N2O. The summed E-state index contributed by atoms with van der Waals surface area (Å²) in [5.74, 6) is -2.83. The molecule has 1 fully saturated rings. The van der Waals surface area contributed by atoms with Gasteiger partial charge in [-0.25, -0.2) is 9.37 Å². The molecule has 0 bridgehead atoms. The highest BCUT2D eigenvalue weighted by Gasteiger charge is 2.31. The fourth-order valence-electron chi connectivity index (χ4n) is 2.54. The predicted molar refractivity (Wildman–Crippen MR) is 63.1 cm³/mol. The van der Waals surface area contributed by atoms with Crippen molar-refractivity contribution in [3.8, 4) is 0 Å². The van der Waals surface area contributed by atoms with Crippen molar-refractivity contribution in [1.82, 2.24) is 9.88 Å². The SMILES string of the molecule is C[C@@H]1CCC[C@H](C)N1C(=O)c1ccnc(F)c1F. The Balaban J connectivity index is 2.32. The first-order chi connectivity index (χ1) is 8.52. The molecule has 0 aromatic carbocycles. The maximum atomic E-state index is 13.6. The number of halogens is 2. The lowest BCUT2D eigenvalue weighted by molar-refractivity contribution is 0.0504. The minimum Gasteiger partial charge on any atom is -0.333 e. The smallest absolute Gasteiger partial charge is 0.257 e. The first-order valence-corrected chi connectivity index (χ1v) is 6.15. The molecule has 0 saturated carbocycles. The summed E-state index contributed by atoms with van der Waals surface area (Å²) >= 11 is 0. The van der Waals surface area contributed by atoms with Crippen molar-refractivity contribution in [3.63, 3.8) is 0 Å². The highest BCUT2D eigenvalue weighted by molar-refractivity contribution is 5.94. The zero-order valence-electron chi connectivity index (χ0n) is 10.5. The van der Waals surface area contributed by atoms with Gasteiger partial charge in [0.2, 0.25) is 5.95 Å². The Bertz CT molecular complexity index is 454. The lowest BCUT2D eigenvalue weighted by Gasteiger charge is -2.39. The average Bonchev–Trinajstić information content (AvgIpc) is 2.32. The van der Waals surface area contributed by atoms with Crippen molar-refractivity contribution in [3.05, 3.63) is 29.6 Å². The third kappa shape index (κ3) is 2.21. The van der Waals surface area contributed by atoms with Crippen molar-refractivity contribution in [1.29, 1.82) is 0 Å². The lowest BCUT2D eigenvalue weighted by atomic mass is 9.96. The molecule has 2 atom stereocenters. The fourth-order valence-corrected chi connectivity index (χ4v) is 2.54. The largest absolute Gasteiger partial charge is 0.333 e. The molecule has 0 N–H and O–H groups in total. The van der Waals surface area contributed by atoms with Gasteiger partial charge in [0.05, 0.1) is 5.56 Å². The van der Waals surface area contributed by atoms with Crippen LogP contribution in [0.15, 0.2) is 12.3 Å². The van der Waals surface area contributed by atoms with Gasteiger partial charge in [-0.1, -0.05) is 0 Å². The average molecular weight is 254 g/mol. The highest BCUT2D eigenvalue weighted by atomic mass is 19.2. The molecule has 1 aromatic rings. The first kappa shape index (κ1) is 12.9. The number of nitrogens with zero attached hydrogens (tertiary/aromatic N) is 2. The Morgan fingerprint density at radius 3 is 2.56 bits per heavy atom. The van der Waals surface area contributed by atoms with E-state index in [0.717, 1.165) is 25.5 Å². The molecule has 2 heterocycles. The molecule has 1 aromatic heterocycles. The predicted octanol–water partition coefficient (Wildman–Crippen LogP) is 2.76. The summed E-state index contributed by atoms with van der Waals surface area (Å²) in [6.07, 6.45) is 3.96. The molecule has 2 rings (SSSR count). The molecule has 1 aliphatic heterocycles. The minimum absolute atomic E-state index is 0.0527. The standard InChI is InChI=1S/C13H16F2N2O/c1-8-4-3-5-9(2)17(8)13(18)10-6-7-16-12(15)11(10)14/h6-9H,3-5H2,1-2H3/t8-,9+. The Kier molecular flexibility index (Phi) is 3.59. The number of hydrogen-bond acceptors (Lipinski definition) is 2. The summed E-state index contributed by atoms with van der Waals surface area (Å²) in [7, 11) is 0. The normalized spacial score (nSPS) is 24.1. The summed E-state index contributed by atoms with van der Waals surface area (Å²) in [5.41, 5.74) is -0.233. The summed E-state index contributed by atoms with van der Waals surface area (Å²) in [5, 5.41) is 0. The van der Waals surface area contributed by atoms with Gasteiger partial charge in [0.15, 0.2) is 5.82 Å². The van der Waals surface area contributed by atoms with Gasteiger partial charge in [0.25, 0.3) is 5.91 Å². The van der Waals surface area contributed by atoms with E-state index in [4.69, 9.17) is 0 Å².